The van der Waals surface area contributed by atoms with E-state index >= 15 is 0 Å². The Morgan fingerprint density at radius 1 is 1.19 bits per heavy atom. The van der Waals surface area contributed by atoms with Crippen LogP contribution in [0.15, 0.2) is 40.1 Å². The number of hydrogen-bond donors (Lipinski definition) is 0. The third-order valence-corrected chi connectivity index (χ3v) is 5.72. The van der Waals surface area contributed by atoms with Crippen molar-refractivity contribution in [2.75, 3.05) is 13.1 Å². The third-order valence-electron chi connectivity index (χ3n) is 4.83. The van der Waals surface area contributed by atoms with E-state index in [1.807, 2.05) is 54.5 Å². The molecule has 0 bridgehead atoms. The Bertz CT molecular complexity index is 911. The fourth-order valence-corrected chi connectivity index (χ4v) is 4.02. The number of carbonyl (C=O) groups is 1. The van der Waals surface area contributed by atoms with Gasteiger partial charge in [-0.15, -0.1) is 21.5 Å². The first-order valence-electron chi connectivity index (χ1n) is 9.25. The number of rotatable bonds is 4. The van der Waals surface area contributed by atoms with Crippen molar-refractivity contribution < 1.29 is 9.21 Å². The predicted molar refractivity (Wildman–Crippen MR) is 104 cm³/mol. The molecule has 6 nitrogen and oxygen atoms in total. The molecule has 1 saturated heterocycles. The lowest BCUT2D eigenvalue weighted by atomic mass is 9.96. The van der Waals surface area contributed by atoms with Crippen LogP contribution >= 0.6 is 11.3 Å². The molecule has 3 aromatic rings. The summed E-state index contributed by atoms with van der Waals surface area (Å²) in [5, 5.41) is 11.0. The number of carbonyl (C=O) groups excluding carboxylic acids is 1. The minimum absolute atomic E-state index is 0.000259. The van der Waals surface area contributed by atoms with Crippen molar-refractivity contribution in [3.05, 3.63) is 53.2 Å². The van der Waals surface area contributed by atoms with Gasteiger partial charge in [0.2, 0.25) is 11.8 Å². The first-order chi connectivity index (χ1) is 13.1. The van der Waals surface area contributed by atoms with E-state index in [1.54, 1.807) is 0 Å². The lowest BCUT2D eigenvalue weighted by molar-refractivity contribution is 0.0701. The SMILES string of the molecule is CC(C)c1nnc(C2CCN(C(=O)c3csc(-c4ccccc4)n3)CC2)o1. The monoisotopic (exact) mass is 382 g/mol. The van der Waals surface area contributed by atoms with Crippen LogP contribution in [-0.4, -0.2) is 39.1 Å². The van der Waals surface area contributed by atoms with Crippen LogP contribution in [0.25, 0.3) is 10.6 Å². The van der Waals surface area contributed by atoms with Gasteiger partial charge in [-0.3, -0.25) is 4.79 Å². The molecule has 0 N–H and O–H groups in total. The summed E-state index contributed by atoms with van der Waals surface area (Å²) < 4.78 is 5.78. The van der Waals surface area contributed by atoms with Gasteiger partial charge >= 0.3 is 0 Å². The highest BCUT2D eigenvalue weighted by molar-refractivity contribution is 7.13. The van der Waals surface area contributed by atoms with Crippen LogP contribution < -0.4 is 0 Å². The Morgan fingerprint density at radius 2 is 1.93 bits per heavy atom. The van der Waals surface area contributed by atoms with Crippen molar-refractivity contribution in [1.82, 2.24) is 20.1 Å². The predicted octanol–water partition coefficient (Wildman–Crippen LogP) is 4.34. The zero-order valence-electron chi connectivity index (χ0n) is 15.5. The Hall–Kier alpha value is -2.54. The highest BCUT2D eigenvalue weighted by Crippen LogP contribution is 2.30. The van der Waals surface area contributed by atoms with Crippen LogP contribution in [0.5, 0.6) is 0 Å². The Kier molecular flexibility index (Phi) is 5.03. The van der Waals surface area contributed by atoms with E-state index in [4.69, 9.17) is 4.42 Å². The van der Waals surface area contributed by atoms with Crippen LogP contribution in [0, 0.1) is 0 Å². The van der Waals surface area contributed by atoms with E-state index in [2.05, 4.69) is 15.2 Å². The average Bonchev–Trinajstić information content (AvgIpc) is 3.38. The van der Waals surface area contributed by atoms with E-state index in [-0.39, 0.29) is 17.7 Å². The molecule has 1 aliphatic heterocycles. The first-order valence-corrected chi connectivity index (χ1v) is 10.1. The lowest BCUT2D eigenvalue weighted by Gasteiger charge is -2.29. The van der Waals surface area contributed by atoms with Crippen LogP contribution in [0.2, 0.25) is 0 Å². The van der Waals surface area contributed by atoms with Gasteiger partial charge in [0.1, 0.15) is 10.7 Å². The van der Waals surface area contributed by atoms with Crippen LogP contribution in [0.4, 0.5) is 0 Å². The van der Waals surface area contributed by atoms with Crippen molar-refractivity contribution in [2.24, 2.45) is 0 Å². The molecule has 140 valence electrons. The van der Waals surface area contributed by atoms with Crippen LogP contribution in [0.1, 0.15) is 60.8 Å². The summed E-state index contributed by atoms with van der Waals surface area (Å²) in [5.41, 5.74) is 1.56. The van der Waals surface area contributed by atoms with Gasteiger partial charge in [-0.05, 0) is 12.8 Å². The molecule has 0 atom stereocenters. The van der Waals surface area contributed by atoms with Gasteiger partial charge in [0, 0.05) is 35.9 Å². The molecule has 2 aromatic heterocycles. The maximum absolute atomic E-state index is 12.8. The maximum Gasteiger partial charge on any atom is 0.273 e. The van der Waals surface area contributed by atoms with E-state index in [0.29, 0.717) is 30.6 Å². The molecule has 1 aliphatic rings. The lowest BCUT2D eigenvalue weighted by Crippen LogP contribution is -2.38. The van der Waals surface area contributed by atoms with Crippen molar-refractivity contribution in [2.45, 2.75) is 38.5 Å². The number of aromatic nitrogens is 3. The number of likely N-dealkylation sites (tertiary alicyclic amines) is 1. The fraction of sp³-hybridized carbons (Fsp3) is 0.400. The number of hydrogen-bond acceptors (Lipinski definition) is 6. The number of piperidine rings is 1. The molecule has 1 aromatic carbocycles. The summed E-state index contributed by atoms with van der Waals surface area (Å²) in [7, 11) is 0. The highest BCUT2D eigenvalue weighted by Gasteiger charge is 2.29. The van der Waals surface area contributed by atoms with Crippen LogP contribution in [0.3, 0.4) is 0 Å². The smallest absolute Gasteiger partial charge is 0.273 e. The largest absolute Gasteiger partial charge is 0.425 e. The molecule has 7 heteroatoms. The second kappa shape index (κ2) is 7.60. The van der Waals surface area contributed by atoms with Gasteiger partial charge in [-0.1, -0.05) is 44.2 Å². The molecule has 1 amide bonds. The van der Waals surface area contributed by atoms with E-state index < -0.39 is 0 Å². The third kappa shape index (κ3) is 3.78. The molecular weight excluding hydrogens is 360 g/mol. The molecule has 3 heterocycles. The fourth-order valence-electron chi connectivity index (χ4n) is 3.22. The summed E-state index contributed by atoms with van der Waals surface area (Å²) >= 11 is 1.51. The van der Waals surface area contributed by atoms with Crippen molar-refractivity contribution in [3.63, 3.8) is 0 Å². The van der Waals surface area contributed by atoms with Crippen molar-refractivity contribution >= 4 is 17.2 Å². The highest BCUT2D eigenvalue weighted by atomic mass is 32.1. The summed E-state index contributed by atoms with van der Waals surface area (Å²) in [6.45, 7) is 5.44. The second-order valence-corrected chi connectivity index (χ2v) is 7.96. The van der Waals surface area contributed by atoms with E-state index in [1.165, 1.54) is 11.3 Å². The summed E-state index contributed by atoms with van der Waals surface area (Å²) in [4.78, 5) is 19.2. The average molecular weight is 382 g/mol. The van der Waals surface area contributed by atoms with Crippen LogP contribution in [-0.2, 0) is 0 Å². The maximum atomic E-state index is 12.8. The normalized spacial score (nSPS) is 15.4. The van der Waals surface area contributed by atoms with Gasteiger partial charge in [-0.25, -0.2) is 4.98 Å². The minimum Gasteiger partial charge on any atom is -0.425 e. The summed E-state index contributed by atoms with van der Waals surface area (Å²) in [6, 6.07) is 9.94. The molecule has 27 heavy (non-hydrogen) atoms. The molecule has 4 rings (SSSR count). The Balaban J connectivity index is 1.39. The molecular formula is C20H22N4O2S. The van der Waals surface area contributed by atoms with Crippen molar-refractivity contribution in [3.8, 4) is 10.6 Å². The number of amides is 1. The molecule has 0 aliphatic carbocycles. The topological polar surface area (TPSA) is 72.1 Å². The van der Waals surface area contributed by atoms with E-state index in [0.717, 1.165) is 23.4 Å². The van der Waals surface area contributed by atoms with Gasteiger partial charge in [0.05, 0.1) is 0 Å². The quantitative estimate of drug-likeness (QED) is 0.671. The van der Waals surface area contributed by atoms with Gasteiger partial charge < -0.3 is 9.32 Å². The molecule has 1 fully saturated rings. The van der Waals surface area contributed by atoms with E-state index in [9.17, 15) is 4.79 Å². The standard InChI is InChI=1S/C20H22N4O2S/c1-13(2)17-22-23-18(26-17)14-8-10-24(11-9-14)20(25)16-12-27-19(21-16)15-6-4-3-5-7-15/h3-7,12-14H,8-11H2,1-2H3. The molecule has 0 unspecified atom stereocenters. The second-order valence-electron chi connectivity index (χ2n) is 7.10. The Labute approximate surface area is 162 Å². The summed E-state index contributed by atoms with van der Waals surface area (Å²) in [5.74, 6) is 1.84. The molecule has 0 saturated carbocycles. The minimum atomic E-state index is 0.000259. The first kappa shape index (κ1) is 17.9. The van der Waals surface area contributed by atoms with Gasteiger partial charge in [0.15, 0.2) is 0 Å². The van der Waals surface area contributed by atoms with Gasteiger partial charge in [0.25, 0.3) is 5.91 Å². The Morgan fingerprint density at radius 3 is 2.59 bits per heavy atom. The number of nitrogens with zero attached hydrogens (tertiary/aromatic N) is 4. The zero-order chi connectivity index (χ0) is 18.8. The zero-order valence-corrected chi connectivity index (χ0v) is 16.3. The number of thiazole rings is 1. The van der Waals surface area contributed by atoms with Crippen molar-refractivity contribution in [1.29, 1.82) is 0 Å². The molecule has 0 radical (unpaired) electrons. The molecule has 0 spiro atoms. The summed E-state index contributed by atoms with van der Waals surface area (Å²) in [6.07, 6.45) is 1.67. The number of benzene rings is 1. The van der Waals surface area contributed by atoms with Gasteiger partial charge in [-0.2, -0.15) is 0 Å².